The minimum absolute atomic E-state index is 0.00954. The predicted octanol–water partition coefficient (Wildman–Crippen LogP) is -2.97. The van der Waals surface area contributed by atoms with Gasteiger partial charge in [0.05, 0.1) is 25.9 Å². The topological polar surface area (TPSA) is 332 Å². The number of phosphoric ester groups is 2. The molecule has 4 aromatic rings. The van der Waals surface area contributed by atoms with Crippen LogP contribution in [0.15, 0.2) is 23.8 Å². The number of nitrogens with zero attached hydrogens (tertiary/aromatic N) is 7. The molecule has 0 spiro atoms. The van der Waals surface area contributed by atoms with E-state index in [1.807, 2.05) is 0 Å². The third kappa shape index (κ3) is 5.31. The lowest BCUT2D eigenvalue weighted by Gasteiger charge is -2.31. The first-order valence-electron chi connectivity index (χ1n) is 12.9. The number of nitrogen functional groups attached to an aromatic ring is 2. The Morgan fingerprint density at radius 1 is 0.889 bits per heavy atom. The second-order valence-electron chi connectivity index (χ2n) is 10.1. The molecule has 3 saturated heterocycles. The minimum Gasteiger partial charge on any atom is -0.756 e. The fraction of sp³-hybridized carbons (Fsp3) is 0.500. The molecule has 242 valence electrons. The van der Waals surface area contributed by atoms with E-state index in [1.165, 1.54) is 10.9 Å². The van der Waals surface area contributed by atoms with E-state index >= 15 is 0 Å². The number of H-pyrrole nitrogens is 1. The first-order chi connectivity index (χ1) is 21.3. The van der Waals surface area contributed by atoms with Crippen molar-refractivity contribution in [1.82, 2.24) is 39.0 Å². The van der Waals surface area contributed by atoms with Crippen molar-refractivity contribution in [3.63, 3.8) is 0 Å². The van der Waals surface area contributed by atoms with Gasteiger partial charge in [0, 0.05) is 0 Å². The zero-order chi connectivity index (χ0) is 31.8. The van der Waals surface area contributed by atoms with Crippen LogP contribution >= 0.6 is 15.6 Å². The van der Waals surface area contributed by atoms with Crippen LogP contribution < -0.4 is 21.9 Å². The molecule has 3 aliphatic rings. The number of hydrogen-bond acceptors (Lipinski definition) is 19. The van der Waals surface area contributed by atoms with Crippen LogP contribution in [0.2, 0.25) is 0 Å². The highest BCUT2D eigenvalue weighted by molar-refractivity contribution is 7.47. The second kappa shape index (κ2) is 10.8. The summed E-state index contributed by atoms with van der Waals surface area (Å²) >= 11 is 0. The van der Waals surface area contributed by atoms with Crippen molar-refractivity contribution in [3.05, 3.63) is 29.3 Å². The number of aliphatic hydroxyl groups excluding tert-OH is 2. The lowest BCUT2D eigenvalue weighted by molar-refractivity contribution is -0.237. The molecule has 7 heterocycles. The quantitative estimate of drug-likeness (QED) is 0.116. The van der Waals surface area contributed by atoms with Gasteiger partial charge >= 0.3 is 7.82 Å². The molecule has 0 amide bonds. The van der Waals surface area contributed by atoms with Gasteiger partial charge in [0.1, 0.15) is 48.5 Å². The van der Waals surface area contributed by atoms with Crippen molar-refractivity contribution in [2.24, 2.45) is 0 Å². The number of aliphatic hydroxyl groups is 2. The Morgan fingerprint density at radius 3 is 2.18 bits per heavy atom. The Labute approximate surface area is 248 Å². The van der Waals surface area contributed by atoms with Gasteiger partial charge in [0.25, 0.3) is 13.4 Å². The molecule has 23 nitrogen and oxygen atoms in total. The number of fused-ring (bicyclic) bond motifs is 6. The molecule has 0 saturated carbocycles. The molecule has 10 atom stereocenters. The zero-order valence-electron chi connectivity index (χ0n) is 22.4. The number of hydrogen-bond donors (Lipinski definition) is 6. The van der Waals surface area contributed by atoms with E-state index in [0.29, 0.717) is 0 Å². The van der Waals surface area contributed by atoms with Gasteiger partial charge in [0.15, 0.2) is 35.1 Å². The average Bonchev–Trinajstić information content (AvgIpc) is 3.72. The number of ether oxygens (including phenoxy) is 2. The van der Waals surface area contributed by atoms with Crippen molar-refractivity contribution >= 4 is 49.7 Å². The molecule has 3 fully saturated rings. The fourth-order valence-corrected chi connectivity index (χ4v) is 7.12. The molecule has 3 aliphatic heterocycles. The Balaban J connectivity index is 1.23. The fourth-order valence-electron chi connectivity index (χ4n) is 5.27. The lowest BCUT2D eigenvalue weighted by Crippen LogP contribution is -2.38. The lowest BCUT2D eigenvalue weighted by atomic mass is 10.1. The van der Waals surface area contributed by atoms with Gasteiger partial charge in [-0.1, -0.05) is 0 Å². The summed E-state index contributed by atoms with van der Waals surface area (Å²) in [4.78, 5) is 58.1. The van der Waals surface area contributed by atoms with Crippen molar-refractivity contribution in [3.8, 4) is 0 Å². The molecule has 0 aromatic carbocycles. The highest BCUT2D eigenvalue weighted by Gasteiger charge is 2.53. The van der Waals surface area contributed by atoms with E-state index in [9.17, 15) is 33.9 Å². The van der Waals surface area contributed by atoms with Gasteiger partial charge in [0.2, 0.25) is 5.95 Å². The van der Waals surface area contributed by atoms with Crippen LogP contribution in [0.3, 0.4) is 0 Å². The second-order valence-corrected chi connectivity index (χ2v) is 12.9. The third-order valence-corrected chi connectivity index (χ3v) is 9.27. The summed E-state index contributed by atoms with van der Waals surface area (Å²) in [6.07, 6.45) is -9.65. The first kappa shape index (κ1) is 30.2. The number of anilines is 2. The Bertz CT molecular complexity index is 1940. The van der Waals surface area contributed by atoms with Crippen LogP contribution in [0.25, 0.3) is 22.3 Å². The van der Waals surface area contributed by atoms with Crippen LogP contribution in [0, 0.1) is 0 Å². The molecule has 4 aromatic heterocycles. The maximum atomic E-state index is 13.1. The van der Waals surface area contributed by atoms with Gasteiger partial charge in [-0.2, -0.15) is 4.98 Å². The normalized spacial score (nSPS) is 37.7. The molecule has 4 bridgehead atoms. The van der Waals surface area contributed by atoms with E-state index in [0.717, 1.165) is 17.2 Å². The maximum absolute atomic E-state index is 13.1. The van der Waals surface area contributed by atoms with Crippen molar-refractivity contribution in [2.75, 3.05) is 24.7 Å². The maximum Gasteiger partial charge on any atom is 0.472 e. The Morgan fingerprint density at radius 2 is 1.49 bits per heavy atom. The molecule has 0 radical (unpaired) electrons. The van der Waals surface area contributed by atoms with Gasteiger partial charge < -0.3 is 50.0 Å². The SMILES string of the molecule is Nc1nc2c(ncn2[C@@H]2O[C@@H]3COP(=O)(O)OC4[C@@H](O)[C@@H](COP(=O)([O-])O[C@H]2C3O)O[C@H]4n2cnc3c(N)ncnc32)c(=O)[nH]1. The number of aromatic nitrogens is 8. The van der Waals surface area contributed by atoms with E-state index in [2.05, 4.69) is 29.9 Å². The number of phosphoric acid groups is 2. The predicted molar refractivity (Wildman–Crippen MR) is 141 cm³/mol. The smallest absolute Gasteiger partial charge is 0.472 e. The molecule has 4 unspecified atom stereocenters. The highest BCUT2D eigenvalue weighted by atomic mass is 31.2. The summed E-state index contributed by atoms with van der Waals surface area (Å²) < 4.78 is 60.7. The van der Waals surface area contributed by atoms with Crippen molar-refractivity contribution in [1.29, 1.82) is 0 Å². The summed E-state index contributed by atoms with van der Waals surface area (Å²) in [5, 5.41) is 22.0. The molecular weight excluding hydrogens is 650 g/mol. The molecule has 0 aliphatic carbocycles. The van der Waals surface area contributed by atoms with Gasteiger partial charge in [-0.25, -0.2) is 24.5 Å². The largest absolute Gasteiger partial charge is 0.756 e. The Kier molecular flexibility index (Phi) is 7.27. The highest BCUT2D eigenvalue weighted by Crippen LogP contribution is 2.52. The van der Waals surface area contributed by atoms with Crippen molar-refractivity contribution in [2.45, 2.75) is 49.1 Å². The van der Waals surface area contributed by atoms with E-state index in [-0.39, 0.29) is 34.1 Å². The van der Waals surface area contributed by atoms with E-state index in [1.54, 1.807) is 0 Å². The molecular formula is C20H23N10O13P2-. The zero-order valence-corrected chi connectivity index (χ0v) is 24.2. The summed E-state index contributed by atoms with van der Waals surface area (Å²) in [5.41, 5.74) is 10.7. The number of nitrogens with one attached hydrogen (secondary N) is 1. The van der Waals surface area contributed by atoms with Gasteiger partial charge in [-0.05, 0) is 0 Å². The van der Waals surface area contributed by atoms with Crippen molar-refractivity contribution < 1.29 is 56.7 Å². The summed E-state index contributed by atoms with van der Waals surface area (Å²) in [6.45, 7) is -1.73. The van der Waals surface area contributed by atoms with Gasteiger partial charge in [-0.3, -0.25) is 32.5 Å². The first-order valence-corrected chi connectivity index (χ1v) is 15.9. The Hall–Kier alpha value is -3.44. The van der Waals surface area contributed by atoms with Gasteiger partial charge in [-0.15, -0.1) is 0 Å². The molecule has 45 heavy (non-hydrogen) atoms. The molecule has 8 N–H and O–H groups in total. The standard InChI is InChI=1S/C20H24N10O13P2/c21-14-8-15(24-3-23-14)29(4-25-8)18-12-10(31)6(40-18)1-38-45(36,37)43-13-11(32)7(2-39-44(34,35)42-12)41-19(13)30-5-26-9-16(30)27-20(22)28-17(9)33/h3-7,10-13,18-19,31-32H,1-2H2,(H,34,35)(H,36,37)(H2,21,23,24)(H3,22,27,28,33)/p-1/t6-,7-,10+,11?,12?,13+,18-,19-/m1/s1. The third-order valence-electron chi connectivity index (χ3n) is 7.32. The number of rotatable bonds is 2. The monoisotopic (exact) mass is 673 g/mol. The number of imidazole rings is 2. The van der Waals surface area contributed by atoms with E-state index < -0.39 is 83.5 Å². The summed E-state index contributed by atoms with van der Waals surface area (Å²) in [7, 11) is -10.4. The van der Waals surface area contributed by atoms with Crippen LogP contribution in [-0.2, 0) is 36.7 Å². The number of aromatic amines is 1. The van der Waals surface area contributed by atoms with Crippen LogP contribution in [-0.4, -0.2) is 104 Å². The molecule has 7 rings (SSSR count). The van der Waals surface area contributed by atoms with Crippen LogP contribution in [0.1, 0.15) is 12.5 Å². The summed E-state index contributed by atoms with van der Waals surface area (Å²) in [6, 6.07) is 0. The van der Waals surface area contributed by atoms with Crippen LogP contribution in [0.4, 0.5) is 11.8 Å². The molecule has 25 heteroatoms. The summed E-state index contributed by atoms with van der Waals surface area (Å²) in [5.74, 6) is -0.290. The minimum atomic E-state index is -5.34. The number of nitrogens with two attached hydrogens (primary N) is 2. The van der Waals surface area contributed by atoms with E-state index in [4.69, 9.17) is 39.0 Å². The average molecular weight is 673 g/mol. The van der Waals surface area contributed by atoms with Crippen LogP contribution in [0.5, 0.6) is 0 Å².